The van der Waals surface area contributed by atoms with Gasteiger partial charge in [-0.25, -0.2) is 0 Å². The molecule has 8 rings (SSSR count). The Morgan fingerprint density at radius 1 is 0.563 bits per heavy atom. The van der Waals surface area contributed by atoms with E-state index < -0.39 is 47.7 Å². The Kier molecular flexibility index (Phi) is 30.9. The molecular weight excluding hydrogens is 1110 g/mol. The van der Waals surface area contributed by atoms with Crippen molar-refractivity contribution in [1.82, 2.24) is 10.6 Å². The summed E-state index contributed by atoms with van der Waals surface area (Å²) in [4.78, 5) is 48.4. The van der Waals surface area contributed by atoms with Gasteiger partial charge in [-0.15, -0.1) is 0 Å². The number of nitrogens with two attached hydrogens (primary N) is 3. The number of aliphatic hydroxyl groups excluding tert-OH is 2. The fourth-order valence-corrected chi connectivity index (χ4v) is 12.7. The minimum absolute atomic E-state index is 0. The lowest BCUT2D eigenvalue weighted by Gasteiger charge is -2.39. The Balaban J connectivity index is 0.000000326. The number of aliphatic hydroxyl groups is 2. The topological polar surface area (TPSA) is 293 Å². The van der Waals surface area contributed by atoms with Crippen LogP contribution in [-0.4, -0.2) is 155 Å². The van der Waals surface area contributed by atoms with E-state index in [9.17, 15) is 29.4 Å². The number of aliphatic carboxylic acids is 1. The van der Waals surface area contributed by atoms with Crippen LogP contribution in [0.4, 0.5) is 0 Å². The summed E-state index contributed by atoms with van der Waals surface area (Å²) in [7, 11) is 0. The van der Waals surface area contributed by atoms with E-state index >= 15 is 0 Å². The van der Waals surface area contributed by atoms with Crippen molar-refractivity contribution >= 4 is 23.6 Å². The van der Waals surface area contributed by atoms with Crippen molar-refractivity contribution in [2.45, 2.75) is 296 Å². The second-order valence-electron chi connectivity index (χ2n) is 27.2. The number of carbonyl (C=O) groups excluding carboxylic acids is 3. The van der Waals surface area contributed by atoms with Crippen molar-refractivity contribution in [2.24, 2.45) is 46.8 Å². The molecular formula is C69H117N5O13. The fourth-order valence-electron chi connectivity index (χ4n) is 12.7. The van der Waals surface area contributed by atoms with Gasteiger partial charge in [0.05, 0.1) is 68.3 Å². The first-order chi connectivity index (χ1) is 40.2. The van der Waals surface area contributed by atoms with Gasteiger partial charge in [-0.2, -0.15) is 0 Å². The number of carbonyl (C=O) groups is 4. The molecule has 6 heterocycles. The van der Waals surface area contributed by atoms with Crippen molar-refractivity contribution in [3.8, 4) is 0 Å². The van der Waals surface area contributed by atoms with Crippen LogP contribution in [0.1, 0.15) is 193 Å². The molecule has 0 aromatic rings. The average molecular weight is 1220 g/mol. The largest absolute Gasteiger partial charge is 0.481 e. The van der Waals surface area contributed by atoms with E-state index in [1.54, 1.807) is 18.2 Å². The standard InChI is InChI=1S/C34H54N2O6.C27H41NO7.C6H14N2.2CH4/c1-21(2)6-15-32(38)36-29-16-23(4)30(41-24(29)5)13-7-22(3)8-14-31-33(39)34(20-40-34)19-28(42-31)18-27(37)17-25-9-11-26(35)12-10-25;1-16(2)6-11-24(29)28-21-12-18(4)22(34-19(21)5)9-7-17(3)8-10-23-26(32)27(15-33-27)14-20(35-23)13-25(30)31;7-5-1-2-6(8)4-3-5;;/h6-8,14-15,21,23-26,28-31,33,39H,9-13,16-20,35H2,1-5H3,(H,36,38);6-8,10-11,16,18-23,26,32H,9,12-15H2,1-5H3,(H,28,29)(H,30,31);5-6H,1-4,7-8H2;2*1H4/b14-8+,15-6-,22-7+;10-8+,11-6-,17-7+;;;/t23-,24+,25?,26?,28+,29+,30-,31+,33+,34+;18-,19+,20+,21+,22-,23+,26+,27+;;;/m00.../s1. The molecule has 87 heavy (non-hydrogen) atoms. The number of nitrogens with one attached hydrogen (secondary N) is 2. The van der Waals surface area contributed by atoms with Gasteiger partial charge in [0.2, 0.25) is 11.8 Å². The third-order valence-corrected chi connectivity index (χ3v) is 18.5. The summed E-state index contributed by atoms with van der Waals surface area (Å²) in [5.41, 5.74) is 18.1. The lowest BCUT2D eigenvalue weighted by molar-refractivity contribution is -0.155. The second-order valence-corrected chi connectivity index (χ2v) is 27.2. The number of ether oxygens (including phenoxy) is 6. The molecule has 0 radical (unpaired) electrons. The van der Waals surface area contributed by atoms with Crippen molar-refractivity contribution in [3.05, 3.63) is 71.9 Å². The van der Waals surface area contributed by atoms with Crippen LogP contribution >= 0.6 is 0 Å². The zero-order chi connectivity index (χ0) is 62.2. The SMILES string of the molecule is C.C.CC(/C=C/[C@H]1O[C@H](CC(=O)CC2CCC(N)CC2)C[C@@]2(CO2)[C@@H]1O)=C\C[C@@H]1O[C@H](C)[C@H](NC(=O)/C=C\C(C)C)C[C@@H]1C.CC(/C=C/[C@H]1O[C@H](CC(=O)O)C[C@@]2(CO2)[C@@H]1O)=C\C[C@@H]1O[C@H](C)[C@H](NC(=O)/C=C\C(C)C)C[C@@H]1C.NC1CCC(N)CC1. The lowest BCUT2D eigenvalue weighted by atomic mass is 9.82. The summed E-state index contributed by atoms with van der Waals surface area (Å²) in [5, 5.41) is 36.9. The number of ketones is 1. The van der Waals surface area contributed by atoms with Crippen molar-refractivity contribution < 1.29 is 62.9 Å². The van der Waals surface area contributed by atoms with Crippen LogP contribution in [0.5, 0.6) is 0 Å². The second kappa shape index (κ2) is 35.6. The Morgan fingerprint density at radius 2 is 0.931 bits per heavy atom. The van der Waals surface area contributed by atoms with E-state index in [2.05, 4.69) is 36.6 Å². The van der Waals surface area contributed by atoms with E-state index in [1.807, 2.05) is 85.8 Å². The molecule has 11 N–H and O–H groups in total. The maximum absolute atomic E-state index is 12.9. The zero-order valence-corrected chi connectivity index (χ0v) is 52.9. The van der Waals surface area contributed by atoms with Crippen LogP contribution in [0.3, 0.4) is 0 Å². The molecule has 18 heteroatoms. The number of allylic oxidation sites excluding steroid dienone is 6. The van der Waals surface area contributed by atoms with Gasteiger partial charge in [-0.1, -0.05) is 116 Å². The normalized spacial score (nSPS) is 37.9. The number of epoxide rings is 2. The molecule has 2 aliphatic carbocycles. The van der Waals surface area contributed by atoms with Crippen molar-refractivity contribution in [3.63, 3.8) is 0 Å². The molecule has 2 saturated carbocycles. The van der Waals surface area contributed by atoms with Gasteiger partial charge in [0.25, 0.3) is 0 Å². The number of rotatable bonds is 20. The first-order valence-electron chi connectivity index (χ1n) is 32.1. The highest BCUT2D eigenvalue weighted by Gasteiger charge is 2.59. The van der Waals surface area contributed by atoms with E-state index in [1.165, 1.54) is 0 Å². The quantitative estimate of drug-likeness (QED) is 0.0320. The summed E-state index contributed by atoms with van der Waals surface area (Å²) in [6.45, 7) is 21.4. The molecule has 16 atom stereocenters. The van der Waals surface area contributed by atoms with Crippen LogP contribution < -0.4 is 27.8 Å². The monoisotopic (exact) mass is 1220 g/mol. The summed E-state index contributed by atoms with van der Waals surface area (Å²) >= 11 is 0. The molecule has 2 amide bonds. The van der Waals surface area contributed by atoms with E-state index in [0.717, 1.165) is 88.2 Å². The van der Waals surface area contributed by atoms with Crippen molar-refractivity contribution in [1.29, 1.82) is 0 Å². The number of Topliss-reactive ketones (excluding diaryl/α,β-unsaturated/α-hetero) is 1. The molecule has 496 valence electrons. The molecule has 8 fully saturated rings. The van der Waals surface area contributed by atoms with Gasteiger partial charge in [0.1, 0.15) is 41.4 Å². The summed E-state index contributed by atoms with van der Waals surface area (Å²) in [6.07, 6.45) is 28.9. The number of hydrogen-bond acceptors (Lipinski definition) is 15. The minimum Gasteiger partial charge on any atom is -0.481 e. The van der Waals surface area contributed by atoms with E-state index in [0.29, 0.717) is 74.7 Å². The van der Waals surface area contributed by atoms with Gasteiger partial charge in [0.15, 0.2) is 0 Å². The van der Waals surface area contributed by atoms with E-state index in [-0.39, 0.29) is 93.4 Å². The Labute approximate surface area is 522 Å². The number of hydrogen-bond donors (Lipinski definition) is 8. The summed E-state index contributed by atoms with van der Waals surface area (Å²) in [6, 6.07) is 1.14. The Bertz CT molecular complexity index is 2320. The molecule has 0 aromatic heterocycles. The highest BCUT2D eigenvalue weighted by Crippen LogP contribution is 2.45. The average Bonchev–Trinajstić information content (AvgIpc) is 1.73. The Hall–Kier alpha value is -3.92. The number of carboxylic acids is 1. The zero-order valence-electron chi connectivity index (χ0n) is 52.9. The van der Waals surface area contributed by atoms with Gasteiger partial charge in [-0.05, 0) is 146 Å². The van der Waals surface area contributed by atoms with Gasteiger partial charge in [0, 0.05) is 43.8 Å². The molecule has 0 unspecified atom stereocenters. The highest BCUT2D eigenvalue weighted by atomic mass is 16.6. The molecule has 6 saturated heterocycles. The Morgan fingerprint density at radius 3 is 1.29 bits per heavy atom. The maximum Gasteiger partial charge on any atom is 0.305 e. The van der Waals surface area contributed by atoms with Crippen LogP contribution in [0.25, 0.3) is 0 Å². The molecule has 2 spiro atoms. The first kappa shape index (κ1) is 75.5. The smallest absolute Gasteiger partial charge is 0.305 e. The maximum atomic E-state index is 12.9. The molecule has 0 aromatic carbocycles. The predicted octanol–water partition coefficient (Wildman–Crippen LogP) is 9.18. The van der Waals surface area contributed by atoms with Gasteiger partial charge >= 0.3 is 5.97 Å². The third-order valence-electron chi connectivity index (χ3n) is 18.5. The van der Waals surface area contributed by atoms with Gasteiger partial charge in [-0.3, -0.25) is 19.2 Å². The van der Waals surface area contributed by atoms with Crippen LogP contribution in [0.2, 0.25) is 0 Å². The van der Waals surface area contributed by atoms with Crippen LogP contribution in [-0.2, 0) is 47.6 Å². The summed E-state index contributed by atoms with van der Waals surface area (Å²) < 4.78 is 35.9. The lowest BCUT2D eigenvalue weighted by Crippen LogP contribution is -2.50. The molecule has 8 aliphatic rings. The third kappa shape index (κ3) is 24.7. The van der Waals surface area contributed by atoms with Gasteiger partial charge < -0.3 is 71.6 Å². The summed E-state index contributed by atoms with van der Waals surface area (Å²) in [5.74, 6) is 0.831. The van der Waals surface area contributed by atoms with Crippen LogP contribution in [0, 0.1) is 29.6 Å². The van der Waals surface area contributed by atoms with Crippen molar-refractivity contribution in [2.75, 3.05) is 13.2 Å². The van der Waals surface area contributed by atoms with Crippen LogP contribution in [0.15, 0.2) is 71.9 Å². The molecule has 18 nitrogen and oxygen atoms in total. The predicted molar refractivity (Wildman–Crippen MR) is 343 cm³/mol. The number of carboxylic acid groups (broad SMARTS) is 1. The number of amides is 2. The first-order valence-corrected chi connectivity index (χ1v) is 32.1. The fraction of sp³-hybridized carbons (Fsp3) is 0.768. The van der Waals surface area contributed by atoms with E-state index in [4.69, 9.17) is 50.7 Å². The molecule has 6 aliphatic heterocycles. The highest BCUT2D eigenvalue weighted by molar-refractivity contribution is 5.88. The minimum atomic E-state index is -0.925. The molecule has 0 bridgehead atoms.